The van der Waals surface area contributed by atoms with Crippen LogP contribution in [0.5, 0.6) is 0 Å². The number of hydrogen-bond donors (Lipinski definition) is 0. The third-order valence-electron chi connectivity index (χ3n) is 2.36. The van der Waals surface area contributed by atoms with Crippen molar-refractivity contribution >= 4 is 72.3 Å². The van der Waals surface area contributed by atoms with E-state index in [1.165, 1.54) is 6.08 Å². The quantitative estimate of drug-likeness (QED) is 0.491. The van der Waals surface area contributed by atoms with E-state index in [4.69, 9.17) is 4.18 Å². The van der Waals surface area contributed by atoms with Crippen LogP contribution in [0.2, 0.25) is 0 Å². The van der Waals surface area contributed by atoms with E-state index in [0.29, 0.717) is 5.39 Å². The zero-order valence-corrected chi connectivity index (χ0v) is 9.98. The molecule has 2 aromatic rings. The van der Waals surface area contributed by atoms with Crippen LogP contribution in [0.4, 0.5) is 0 Å². The van der Waals surface area contributed by atoms with Gasteiger partial charge in [-0.1, -0.05) is 42.5 Å². The molecule has 0 unspecified atom stereocenters. The first kappa shape index (κ1) is 16.0. The van der Waals surface area contributed by atoms with Crippen LogP contribution < -0.4 is 0 Å². The molecule has 0 aliphatic heterocycles. The Balaban J connectivity index is 0.00000162. The third kappa shape index (κ3) is 3.51. The predicted molar refractivity (Wildman–Crippen MR) is 74.4 cm³/mol. The molecule has 2 rings (SSSR count). The minimum absolute atomic E-state index is 0. The Morgan fingerprint density at radius 2 is 1.78 bits per heavy atom. The second-order valence-electron chi connectivity index (χ2n) is 3.50. The summed E-state index contributed by atoms with van der Waals surface area (Å²) in [6.07, 6.45) is 1.41. The first-order chi connectivity index (χ1) is 8.15. The van der Waals surface area contributed by atoms with Crippen LogP contribution >= 0.6 is 0 Å². The van der Waals surface area contributed by atoms with Gasteiger partial charge in [-0.2, -0.15) is 8.42 Å². The Morgan fingerprint density at radius 3 is 2.50 bits per heavy atom. The molecule has 2 aromatic carbocycles. The molecule has 0 aromatic heterocycles. The van der Waals surface area contributed by atoms with E-state index in [-0.39, 0.29) is 62.9 Å². The Morgan fingerprint density at radius 1 is 1.11 bits per heavy atom. The van der Waals surface area contributed by atoms with Gasteiger partial charge in [0.2, 0.25) is 0 Å². The fourth-order valence-electron chi connectivity index (χ4n) is 1.61. The summed E-state index contributed by atoms with van der Waals surface area (Å²) in [4.78, 5) is 0.192. The summed E-state index contributed by atoms with van der Waals surface area (Å²) < 4.78 is 28.7. The summed E-state index contributed by atoms with van der Waals surface area (Å²) in [5, 5.41) is 1.54. The predicted octanol–water partition coefficient (Wildman–Crippen LogP) is 2.08. The molecule has 0 heterocycles. The molecular weight excluding hydrogens is 275 g/mol. The molecule has 18 heavy (non-hydrogen) atoms. The van der Waals surface area contributed by atoms with Gasteiger partial charge in [0.25, 0.3) is 10.1 Å². The maximum atomic E-state index is 11.9. The van der Waals surface area contributed by atoms with Gasteiger partial charge in [-0.25, -0.2) is 0 Å². The van der Waals surface area contributed by atoms with Gasteiger partial charge < -0.3 is 0 Å². The zero-order chi connectivity index (χ0) is 12.3. The molecule has 0 N–H and O–H groups in total. The topological polar surface area (TPSA) is 43.4 Å². The molecule has 90 valence electrons. The van der Waals surface area contributed by atoms with Crippen LogP contribution in [0.15, 0.2) is 60.0 Å². The van der Waals surface area contributed by atoms with Gasteiger partial charge in [0, 0.05) is 5.39 Å². The van der Waals surface area contributed by atoms with Crippen molar-refractivity contribution < 1.29 is 12.6 Å². The standard InChI is InChI=1S/C13H12O3S.K.H/c1-2-10-16-17(14,15)13-9-5-7-11-6-3-4-8-12(11)13;;/h2-9H,1,10H2;;. The van der Waals surface area contributed by atoms with Gasteiger partial charge in [-0.15, -0.1) is 6.58 Å². The van der Waals surface area contributed by atoms with Gasteiger partial charge in [0.05, 0.1) is 6.61 Å². The maximum absolute atomic E-state index is 11.9. The molecule has 0 aliphatic rings. The number of benzene rings is 2. The molecule has 0 saturated carbocycles. The van der Waals surface area contributed by atoms with Crippen LogP contribution in [0.3, 0.4) is 0 Å². The molecule has 5 heteroatoms. The Kier molecular flexibility index (Phi) is 6.20. The fourth-order valence-corrected chi connectivity index (χ4v) is 2.72. The van der Waals surface area contributed by atoms with E-state index in [2.05, 4.69) is 6.58 Å². The van der Waals surface area contributed by atoms with Gasteiger partial charge >= 0.3 is 51.4 Å². The summed E-state index contributed by atoms with van der Waals surface area (Å²) in [5.74, 6) is 0. The summed E-state index contributed by atoms with van der Waals surface area (Å²) in [6, 6.07) is 12.4. The molecule has 0 bridgehead atoms. The SMILES string of the molecule is C=CCOS(=O)(=O)c1cccc2ccccc12.[KH]. The van der Waals surface area contributed by atoms with E-state index >= 15 is 0 Å². The van der Waals surface area contributed by atoms with Crippen molar-refractivity contribution in [2.24, 2.45) is 0 Å². The van der Waals surface area contributed by atoms with E-state index in [1.807, 2.05) is 18.2 Å². The van der Waals surface area contributed by atoms with Crippen LogP contribution in [0, 0.1) is 0 Å². The Labute approximate surface area is 149 Å². The molecule has 3 nitrogen and oxygen atoms in total. The molecule has 0 amide bonds. The monoisotopic (exact) mass is 288 g/mol. The summed E-state index contributed by atoms with van der Waals surface area (Å²) in [7, 11) is -3.72. The third-order valence-corrected chi connectivity index (χ3v) is 3.70. The van der Waals surface area contributed by atoms with Gasteiger partial charge in [0.15, 0.2) is 0 Å². The molecule has 0 spiro atoms. The summed E-state index contributed by atoms with van der Waals surface area (Å²) in [5.41, 5.74) is 0. The van der Waals surface area contributed by atoms with Crippen molar-refractivity contribution in [3.8, 4) is 0 Å². The van der Waals surface area contributed by atoms with E-state index < -0.39 is 10.1 Å². The van der Waals surface area contributed by atoms with Gasteiger partial charge in [-0.3, -0.25) is 4.18 Å². The second kappa shape index (κ2) is 6.95. The number of rotatable bonds is 4. The van der Waals surface area contributed by atoms with Crippen molar-refractivity contribution in [3.05, 3.63) is 55.1 Å². The van der Waals surface area contributed by atoms with Gasteiger partial charge in [-0.05, 0) is 11.5 Å². The number of fused-ring (bicyclic) bond motifs is 1. The first-order valence-electron chi connectivity index (χ1n) is 5.13. The average Bonchev–Trinajstić information content (AvgIpc) is 2.36. The van der Waals surface area contributed by atoms with Gasteiger partial charge in [0.1, 0.15) is 4.90 Å². The average molecular weight is 288 g/mol. The molecule has 0 atom stereocenters. The van der Waals surface area contributed by atoms with Crippen LogP contribution in [-0.4, -0.2) is 66.4 Å². The first-order valence-corrected chi connectivity index (χ1v) is 6.54. The second-order valence-corrected chi connectivity index (χ2v) is 5.09. The molecular formula is C13H13KO3S. The molecule has 0 saturated heterocycles. The molecule has 0 radical (unpaired) electrons. The zero-order valence-electron chi connectivity index (χ0n) is 9.17. The van der Waals surface area contributed by atoms with Crippen LogP contribution in [0.1, 0.15) is 0 Å². The van der Waals surface area contributed by atoms with E-state index in [0.717, 1.165) is 5.39 Å². The van der Waals surface area contributed by atoms with E-state index in [9.17, 15) is 8.42 Å². The van der Waals surface area contributed by atoms with Crippen LogP contribution in [0.25, 0.3) is 10.8 Å². The summed E-state index contributed by atoms with van der Waals surface area (Å²) >= 11 is 0. The van der Waals surface area contributed by atoms with E-state index in [1.54, 1.807) is 24.3 Å². The minimum atomic E-state index is -3.72. The summed E-state index contributed by atoms with van der Waals surface area (Å²) in [6.45, 7) is 3.41. The van der Waals surface area contributed by atoms with Crippen molar-refractivity contribution in [2.75, 3.05) is 6.61 Å². The van der Waals surface area contributed by atoms with Crippen molar-refractivity contribution in [1.82, 2.24) is 0 Å². The number of hydrogen-bond acceptors (Lipinski definition) is 3. The normalized spacial score (nSPS) is 10.9. The van der Waals surface area contributed by atoms with Crippen molar-refractivity contribution in [2.45, 2.75) is 4.90 Å². The van der Waals surface area contributed by atoms with Crippen molar-refractivity contribution in [1.29, 1.82) is 0 Å². The Hall–Kier alpha value is -0.0136. The molecule has 0 fully saturated rings. The van der Waals surface area contributed by atoms with Crippen molar-refractivity contribution in [3.63, 3.8) is 0 Å². The molecule has 0 aliphatic carbocycles. The van der Waals surface area contributed by atoms with Crippen LogP contribution in [-0.2, 0) is 14.3 Å². The Bertz CT molecular complexity index is 645. The fraction of sp³-hybridized carbons (Fsp3) is 0.0769.